The van der Waals surface area contributed by atoms with E-state index in [4.69, 9.17) is 14.2 Å². The van der Waals surface area contributed by atoms with Crippen molar-refractivity contribution in [1.82, 2.24) is 0 Å². The van der Waals surface area contributed by atoms with Crippen LogP contribution in [-0.4, -0.2) is 23.6 Å². The molecule has 3 aromatic carbocycles. The Labute approximate surface area is 269 Å². The van der Waals surface area contributed by atoms with E-state index < -0.39 is 10.9 Å². The number of nitro groups is 1. The van der Waals surface area contributed by atoms with Gasteiger partial charge in [-0.3, -0.25) is 10.1 Å². The normalized spacial score (nSPS) is 11.6. The van der Waals surface area contributed by atoms with Crippen molar-refractivity contribution in [2.24, 2.45) is 0 Å². The highest BCUT2D eigenvalue weighted by atomic mass is 16.6. The van der Waals surface area contributed by atoms with Gasteiger partial charge in [0.15, 0.2) is 5.75 Å². The van der Waals surface area contributed by atoms with E-state index in [1.54, 1.807) is 54.6 Å². The van der Waals surface area contributed by atoms with Crippen LogP contribution < -0.4 is 14.2 Å². The van der Waals surface area contributed by atoms with Gasteiger partial charge >= 0.3 is 11.7 Å². The SMILES string of the molecule is CCCCCCCCCCCCOc1ccc(C(=O)Oc2ccc(-c3ccc(O[C@@H](C)CCCCC)c([N+](=O)[O-])c3)cc2)cc1. The van der Waals surface area contributed by atoms with E-state index in [0.29, 0.717) is 23.5 Å². The molecule has 0 aliphatic rings. The number of esters is 1. The summed E-state index contributed by atoms with van der Waals surface area (Å²) in [6.45, 7) is 7.00. The van der Waals surface area contributed by atoms with Gasteiger partial charge in [-0.05, 0) is 79.8 Å². The molecule has 0 fully saturated rings. The number of nitrogens with zero attached hydrogens (tertiary/aromatic N) is 1. The molecule has 0 aliphatic heterocycles. The number of unbranched alkanes of at least 4 members (excludes halogenated alkanes) is 11. The van der Waals surface area contributed by atoms with E-state index in [1.807, 2.05) is 13.0 Å². The number of carbonyl (C=O) groups excluding carboxylic acids is 1. The zero-order valence-corrected chi connectivity index (χ0v) is 27.4. The first-order valence-electron chi connectivity index (χ1n) is 16.9. The fraction of sp³-hybridized carbons (Fsp3) is 0.500. The highest BCUT2D eigenvalue weighted by molar-refractivity contribution is 5.91. The van der Waals surface area contributed by atoms with E-state index in [2.05, 4.69) is 13.8 Å². The Balaban J connectivity index is 1.44. The zero-order valence-electron chi connectivity index (χ0n) is 27.4. The van der Waals surface area contributed by atoms with Gasteiger partial charge in [-0.15, -0.1) is 0 Å². The molecule has 244 valence electrons. The van der Waals surface area contributed by atoms with Crippen LogP contribution in [0, 0.1) is 10.1 Å². The molecule has 0 bridgehead atoms. The molecule has 0 saturated heterocycles. The monoisotopic (exact) mass is 617 g/mol. The van der Waals surface area contributed by atoms with Gasteiger partial charge in [0.25, 0.3) is 0 Å². The summed E-state index contributed by atoms with van der Waals surface area (Å²) < 4.78 is 17.3. The van der Waals surface area contributed by atoms with Crippen LogP contribution in [0.5, 0.6) is 17.2 Å². The first-order valence-corrected chi connectivity index (χ1v) is 16.9. The van der Waals surface area contributed by atoms with E-state index in [9.17, 15) is 14.9 Å². The summed E-state index contributed by atoms with van der Waals surface area (Å²) in [7, 11) is 0. The average molecular weight is 618 g/mol. The summed E-state index contributed by atoms with van der Waals surface area (Å²) in [5.74, 6) is 0.936. The van der Waals surface area contributed by atoms with E-state index >= 15 is 0 Å². The quantitative estimate of drug-likeness (QED) is 0.0366. The van der Waals surface area contributed by atoms with Crippen LogP contribution >= 0.6 is 0 Å². The molecule has 1 atom stereocenters. The molecule has 3 aromatic rings. The maximum atomic E-state index is 12.7. The number of hydrogen-bond acceptors (Lipinski definition) is 6. The third-order valence-electron chi connectivity index (χ3n) is 7.95. The average Bonchev–Trinajstić information content (AvgIpc) is 3.04. The van der Waals surface area contributed by atoms with Crippen molar-refractivity contribution < 1.29 is 23.9 Å². The Morgan fingerprint density at radius 2 is 1.27 bits per heavy atom. The van der Waals surface area contributed by atoms with Crippen molar-refractivity contribution in [2.75, 3.05) is 6.61 Å². The van der Waals surface area contributed by atoms with Crippen molar-refractivity contribution in [1.29, 1.82) is 0 Å². The number of carbonyl (C=O) groups is 1. The minimum absolute atomic E-state index is 0.0683. The van der Waals surface area contributed by atoms with Gasteiger partial charge in [-0.1, -0.05) is 103 Å². The van der Waals surface area contributed by atoms with Gasteiger partial charge in [0, 0.05) is 6.07 Å². The van der Waals surface area contributed by atoms with Crippen molar-refractivity contribution in [2.45, 2.75) is 117 Å². The van der Waals surface area contributed by atoms with Crippen molar-refractivity contribution in [3.05, 3.63) is 82.4 Å². The lowest BCUT2D eigenvalue weighted by atomic mass is 10.0. The van der Waals surface area contributed by atoms with Gasteiger partial charge in [0.1, 0.15) is 11.5 Å². The fourth-order valence-corrected chi connectivity index (χ4v) is 5.24. The summed E-state index contributed by atoms with van der Waals surface area (Å²) >= 11 is 0. The van der Waals surface area contributed by atoms with E-state index in [-0.39, 0.29) is 17.5 Å². The van der Waals surface area contributed by atoms with Crippen LogP contribution in [0.3, 0.4) is 0 Å². The Morgan fingerprint density at radius 3 is 1.89 bits per heavy atom. The number of hydrogen-bond donors (Lipinski definition) is 0. The summed E-state index contributed by atoms with van der Waals surface area (Å²) in [5, 5.41) is 11.8. The topological polar surface area (TPSA) is 87.9 Å². The number of nitro benzene ring substituents is 1. The maximum Gasteiger partial charge on any atom is 0.343 e. The minimum atomic E-state index is -0.464. The summed E-state index contributed by atoms with van der Waals surface area (Å²) in [6, 6.07) is 18.9. The second-order valence-electron chi connectivity index (χ2n) is 11.8. The summed E-state index contributed by atoms with van der Waals surface area (Å²) in [6.07, 6.45) is 16.8. The molecule has 45 heavy (non-hydrogen) atoms. The third kappa shape index (κ3) is 12.9. The molecule has 0 amide bonds. The Bertz CT molecular complexity index is 1290. The molecular formula is C38H51NO6. The lowest BCUT2D eigenvalue weighted by molar-refractivity contribution is -0.386. The predicted octanol–water partition coefficient (Wildman–Crippen LogP) is 11.1. The third-order valence-corrected chi connectivity index (χ3v) is 7.95. The largest absolute Gasteiger partial charge is 0.494 e. The molecule has 0 N–H and O–H groups in total. The molecule has 0 aromatic heterocycles. The van der Waals surface area contributed by atoms with Gasteiger partial charge in [-0.2, -0.15) is 0 Å². The number of benzene rings is 3. The first-order chi connectivity index (χ1) is 21.9. The molecule has 0 aliphatic carbocycles. The van der Waals surface area contributed by atoms with Crippen molar-refractivity contribution in [3.8, 4) is 28.4 Å². The van der Waals surface area contributed by atoms with Gasteiger partial charge < -0.3 is 14.2 Å². The van der Waals surface area contributed by atoms with Crippen LogP contribution in [0.1, 0.15) is 121 Å². The second-order valence-corrected chi connectivity index (χ2v) is 11.8. The van der Waals surface area contributed by atoms with Crippen LogP contribution in [0.2, 0.25) is 0 Å². The molecular weight excluding hydrogens is 566 g/mol. The number of rotatable bonds is 22. The van der Waals surface area contributed by atoms with Gasteiger partial charge in [0.2, 0.25) is 0 Å². The standard InChI is InChI=1S/C38H51NO6/c1-4-6-8-9-10-11-12-13-14-16-28-43-34-23-20-32(21-24-34)38(40)45-35-25-18-31(19-26-35)33-22-27-37(36(29-33)39(41)42)44-30(3)17-15-7-5-2/h18-27,29-30H,4-17,28H2,1-3H3/t30-/m0/s1. The second kappa shape index (κ2) is 20.2. The summed E-state index contributed by atoms with van der Waals surface area (Å²) in [4.78, 5) is 24.1. The van der Waals surface area contributed by atoms with Gasteiger partial charge in [0.05, 0.1) is 23.2 Å². The lowest BCUT2D eigenvalue weighted by Gasteiger charge is -2.15. The Hall–Kier alpha value is -3.87. The van der Waals surface area contributed by atoms with E-state index in [1.165, 1.54) is 63.9 Å². The minimum Gasteiger partial charge on any atom is -0.494 e. The smallest absolute Gasteiger partial charge is 0.343 e. The van der Waals surface area contributed by atoms with Crippen LogP contribution in [0.4, 0.5) is 5.69 Å². The molecule has 0 spiro atoms. The Kier molecular flexibility index (Phi) is 16.0. The molecule has 0 saturated carbocycles. The van der Waals surface area contributed by atoms with Gasteiger partial charge in [-0.25, -0.2) is 4.79 Å². The molecule has 0 heterocycles. The highest BCUT2D eigenvalue weighted by Gasteiger charge is 2.19. The van der Waals surface area contributed by atoms with Crippen molar-refractivity contribution in [3.63, 3.8) is 0 Å². The number of ether oxygens (including phenoxy) is 3. The Morgan fingerprint density at radius 1 is 0.711 bits per heavy atom. The molecule has 7 nitrogen and oxygen atoms in total. The van der Waals surface area contributed by atoms with Crippen LogP contribution in [0.15, 0.2) is 66.7 Å². The molecule has 7 heteroatoms. The molecule has 0 unspecified atom stereocenters. The fourth-order valence-electron chi connectivity index (χ4n) is 5.24. The van der Waals surface area contributed by atoms with Crippen LogP contribution in [0.25, 0.3) is 11.1 Å². The summed E-state index contributed by atoms with van der Waals surface area (Å²) in [5.41, 5.74) is 1.81. The molecule has 0 radical (unpaired) electrons. The maximum absolute atomic E-state index is 12.7. The van der Waals surface area contributed by atoms with E-state index in [0.717, 1.165) is 43.4 Å². The highest BCUT2D eigenvalue weighted by Crippen LogP contribution is 2.34. The predicted molar refractivity (Wildman–Crippen MR) is 182 cm³/mol. The first kappa shape index (κ1) is 35.6. The zero-order chi connectivity index (χ0) is 32.3. The van der Waals surface area contributed by atoms with Crippen molar-refractivity contribution >= 4 is 11.7 Å². The molecule has 3 rings (SSSR count). The lowest BCUT2D eigenvalue weighted by Crippen LogP contribution is -2.12. The van der Waals surface area contributed by atoms with Crippen LogP contribution in [-0.2, 0) is 0 Å².